The summed E-state index contributed by atoms with van der Waals surface area (Å²) < 4.78 is 4.49. The highest BCUT2D eigenvalue weighted by molar-refractivity contribution is 5.75. The molecule has 14 heavy (non-hydrogen) atoms. The van der Waals surface area contributed by atoms with E-state index in [1.165, 1.54) is 13.3 Å². The van der Waals surface area contributed by atoms with E-state index >= 15 is 0 Å². The quantitative estimate of drug-likeness (QED) is 0.646. The molecule has 4 N–H and O–H groups in total. The zero-order chi connectivity index (χ0) is 10.6. The number of methoxy groups -OCH3 is 1. The van der Waals surface area contributed by atoms with Crippen LogP contribution in [0.15, 0.2) is 18.3 Å². The van der Waals surface area contributed by atoms with E-state index in [-0.39, 0.29) is 0 Å². The third kappa shape index (κ3) is 2.70. The van der Waals surface area contributed by atoms with E-state index in [0.717, 1.165) is 5.69 Å². The van der Waals surface area contributed by atoms with Crippen molar-refractivity contribution in [3.8, 4) is 0 Å². The van der Waals surface area contributed by atoms with Gasteiger partial charge >= 0.3 is 5.97 Å². The molecule has 0 saturated heterocycles. The number of hydrogen-bond acceptors (Lipinski definition) is 5. The Balaban J connectivity index is 2.60. The first kappa shape index (κ1) is 10.5. The summed E-state index contributed by atoms with van der Waals surface area (Å²) in [5.41, 5.74) is 12.3. The van der Waals surface area contributed by atoms with Gasteiger partial charge in [-0.25, -0.2) is 0 Å². The van der Waals surface area contributed by atoms with E-state index in [1.54, 1.807) is 12.1 Å². The van der Waals surface area contributed by atoms with E-state index < -0.39 is 12.0 Å². The zero-order valence-corrected chi connectivity index (χ0v) is 7.93. The van der Waals surface area contributed by atoms with E-state index in [4.69, 9.17) is 11.5 Å². The van der Waals surface area contributed by atoms with Gasteiger partial charge in [0.1, 0.15) is 6.04 Å². The van der Waals surface area contributed by atoms with Crippen molar-refractivity contribution in [2.45, 2.75) is 12.5 Å². The molecular weight excluding hydrogens is 182 g/mol. The fourth-order valence-corrected chi connectivity index (χ4v) is 1.02. The maximum absolute atomic E-state index is 11.0. The third-order valence-electron chi connectivity index (χ3n) is 1.78. The molecule has 0 aromatic carbocycles. The first-order valence-corrected chi connectivity index (χ1v) is 4.17. The van der Waals surface area contributed by atoms with Gasteiger partial charge in [0, 0.05) is 12.1 Å². The number of nitrogens with two attached hydrogens (primary N) is 2. The molecule has 0 unspecified atom stereocenters. The minimum absolute atomic E-state index is 0.354. The number of rotatable bonds is 3. The molecule has 1 atom stereocenters. The average molecular weight is 195 g/mol. The van der Waals surface area contributed by atoms with Crippen molar-refractivity contribution in [3.05, 3.63) is 24.0 Å². The number of carbonyl (C=O) groups excluding carboxylic acids is 1. The van der Waals surface area contributed by atoms with Crippen molar-refractivity contribution >= 4 is 11.7 Å². The molecule has 0 aliphatic heterocycles. The molecule has 0 aliphatic carbocycles. The molecule has 0 amide bonds. The van der Waals surface area contributed by atoms with Crippen molar-refractivity contribution in [2.24, 2.45) is 5.73 Å². The van der Waals surface area contributed by atoms with Crippen LogP contribution in [0, 0.1) is 0 Å². The van der Waals surface area contributed by atoms with Crippen LogP contribution >= 0.6 is 0 Å². The van der Waals surface area contributed by atoms with Crippen LogP contribution in [0.5, 0.6) is 0 Å². The fraction of sp³-hybridized carbons (Fsp3) is 0.333. The lowest BCUT2D eigenvalue weighted by Gasteiger charge is -2.08. The summed E-state index contributed by atoms with van der Waals surface area (Å²) in [6.07, 6.45) is 1.88. The van der Waals surface area contributed by atoms with Crippen LogP contribution in [0.1, 0.15) is 5.69 Å². The van der Waals surface area contributed by atoms with Gasteiger partial charge in [-0.15, -0.1) is 0 Å². The van der Waals surface area contributed by atoms with Gasteiger partial charge in [0.2, 0.25) is 0 Å². The average Bonchev–Trinajstić information content (AvgIpc) is 2.20. The second-order valence-electron chi connectivity index (χ2n) is 2.92. The van der Waals surface area contributed by atoms with Gasteiger partial charge in [-0.1, -0.05) is 0 Å². The Hall–Kier alpha value is -1.62. The van der Waals surface area contributed by atoms with Crippen molar-refractivity contribution in [3.63, 3.8) is 0 Å². The van der Waals surface area contributed by atoms with E-state index in [1.807, 2.05) is 0 Å². The minimum Gasteiger partial charge on any atom is -0.468 e. The van der Waals surface area contributed by atoms with Crippen LogP contribution in [0.4, 0.5) is 5.69 Å². The maximum Gasteiger partial charge on any atom is 0.323 e. The fourth-order valence-electron chi connectivity index (χ4n) is 1.02. The first-order chi connectivity index (χ1) is 6.63. The van der Waals surface area contributed by atoms with Gasteiger partial charge in [0.05, 0.1) is 19.0 Å². The Bertz CT molecular complexity index is 310. The second kappa shape index (κ2) is 4.57. The Kier molecular flexibility index (Phi) is 3.41. The van der Waals surface area contributed by atoms with E-state index in [2.05, 4.69) is 9.72 Å². The van der Waals surface area contributed by atoms with Gasteiger partial charge in [-0.05, 0) is 12.1 Å². The Labute approximate surface area is 82.1 Å². The lowest BCUT2D eigenvalue weighted by Crippen LogP contribution is -2.33. The van der Waals surface area contributed by atoms with Crippen LogP contribution in [-0.4, -0.2) is 24.1 Å². The molecular formula is C9H13N3O2. The number of nitrogens with zero attached hydrogens (tertiary/aromatic N) is 1. The minimum atomic E-state index is -0.670. The summed E-state index contributed by atoms with van der Waals surface area (Å²) in [5, 5.41) is 0. The summed E-state index contributed by atoms with van der Waals surface area (Å²) in [4.78, 5) is 15.0. The van der Waals surface area contributed by atoms with Crippen LogP contribution in [0.25, 0.3) is 0 Å². The van der Waals surface area contributed by atoms with E-state index in [0.29, 0.717) is 12.1 Å². The highest BCUT2D eigenvalue weighted by Gasteiger charge is 2.14. The highest BCUT2D eigenvalue weighted by atomic mass is 16.5. The first-order valence-electron chi connectivity index (χ1n) is 4.17. The number of pyridine rings is 1. The lowest BCUT2D eigenvalue weighted by atomic mass is 10.1. The Morgan fingerprint density at radius 2 is 2.36 bits per heavy atom. The smallest absolute Gasteiger partial charge is 0.323 e. The highest BCUT2D eigenvalue weighted by Crippen LogP contribution is 2.03. The molecule has 5 heteroatoms. The van der Waals surface area contributed by atoms with Gasteiger partial charge in [0.25, 0.3) is 0 Å². The molecule has 0 saturated carbocycles. The summed E-state index contributed by atoms with van der Waals surface area (Å²) in [6.45, 7) is 0. The van der Waals surface area contributed by atoms with Crippen molar-refractivity contribution in [1.29, 1.82) is 0 Å². The largest absolute Gasteiger partial charge is 0.468 e. The lowest BCUT2D eigenvalue weighted by molar-refractivity contribution is -0.142. The second-order valence-corrected chi connectivity index (χ2v) is 2.92. The SMILES string of the molecule is COC(=O)[C@H](N)Cc1ccc(N)cn1. The number of carbonyl (C=O) groups is 1. The molecule has 0 spiro atoms. The van der Waals surface area contributed by atoms with Gasteiger partial charge in [-0.3, -0.25) is 9.78 Å². The molecule has 0 radical (unpaired) electrons. The van der Waals surface area contributed by atoms with Crippen LogP contribution < -0.4 is 11.5 Å². The number of anilines is 1. The van der Waals surface area contributed by atoms with Crippen molar-refractivity contribution in [2.75, 3.05) is 12.8 Å². The zero-order valence-electron chi connectivity index (χ0n) is 7.93. The van der Waals surface area contributed by atoms with Gasteiger partial charge in [0.15, 0.2) is 0 Å². The Morgan fingerprint density at radius 3 is 2.86 bits per heavy atom. The van der Waals surface area contributed by atoms with Gasteiger partial charge in [-0.2, -0.15) is 0 Å². The molecule has 0 fully saturated rings. The number of aromatic nitrogens is 1. The number of hydrogen-bond donors (Lipinski definition) is 2. The molecule has 0 bridgehead atoms. The predicted octanol–water partition coefficient (Wildman–Crippen LogP) is -0.293. The topological polar surface area (TPSA) is 91.2 Å². The van der Waals surface area contributed by atoms with Crippen LogP contribution in [0.2, 0.25) is 0 Å². The molecule has 1 rings (SSSR count). The summed E-state index contributed by atoms with van der Waals surface area (Å²) in [7, 11) is 1.30. The van der Waals surface area contributed by atoms with Crippen LogP contribution in [-0.2, 0) is 16.0 Å². The van der Waals surface area contributed by atoms with Crippen molar-refractivity contribution in [1.82, 2.24) is 4.98 Å². The molecule has 1 heterocycles. The van der Waals surface area contributed by atoms with Crippen LogP contribution in [0.3, 0.4) is 0 Å². The summed E-state index contributed by atoms with van der Waals surface area (Å²) >= 11 is 0. The molecule has 1 aromatic heterocycles. The summed E-state index contributed by atoms with van der Waals surface area (Å²) in [6, 6.07) is 2.78. The number of esters is 1. The predicted molar refractivity (Wildman–Crippen MR) is 52.3 cm³/mol. The molecule has 1 aromatic rings. The maximum atomic E-state index is 11.0. The Morgan fingerprint density at radius 1 is 1.64 bits per heavy atom. The number of ether oxygens (including phenoxy) is 1. The number of nitrogen functional groups attached to an aromatic ring is 1. The third-order valence-corrected chi connectivity index (χ3v) is 1.78. The standard InChI is InChI=1S/C9H13N3O2/c1-14-9(13)8(11)4-7-3-2-6(10)5-12-7/h2-3,5,8H,4,10-11H2,1H3/t8-/m1/s1. The van der Waals surface area contributed by atoms with Gasteiger partial charge < -0.3 is 16.2 Å². The molecule has 5 nitrogen and oxygen atoms in total. The van der Waals surface area contributed by atoms with E-state index in [9.17, 15) is 4.79 Å². The summed E-state index contributed by atoms with van der Waals surface area (Å²) in [5.74, 6) is -0.441. The monoisotopic (exact) mass is 195 g/mol. The molecule has 76 valence electrons. The molecule has 0 aliphatic rings. The normalized spacial score (nSPS) is 12.1. The van der Waals surface area contributed by atoms with Crippen molar-refractivity contribution < 1.29 is 9.53 Å².